The van der Waals surface area contributed by atoms with Gasteiger partial charge in [-0.1, -0.05) is 130 Å². The highest BCUT2D eigenvalue weighted by Gasteiger charge is 2.19. The highest BCUT2D eigenvalue weighted by molar-refractivity contribution is 5.41. The van der Waals surface area contributed by atoms with Crippen LogP contribution in [0.1, 0.15) is 134 Å². The number of aryl methyl sites for hydroxylation is 1. The van der Waals surface area contributed by atoms with Gasteiger partial charge >= 0.3 is 0 Å². The molecule has 1 atom stereocenters. The quantitative estimate of drug-likeness (QED) is 0.409. The summed E-state index contributed by atoms with van der Waals surface area (Å²) in [6, 6.07) is 9.42. The van der Waals surface area contributed by atoms with Crippen LogP contribution < -0.4 is 11.1 Å². The molecule has 2 nitrogen and oxygen atoms in total. The van der Waals surface area contributed by atoms with Crippen LogP contribution in [-0.4, -0.2) is 13.1 Å². The van der Waals surface area contributed by atoms with Gasteiger partial charge in [0.2, 0.25) is 0 Å². The first-order chi connectivity index (χ1) is 15.7. The summed E-state index contributed by atoms with van der Waals surface area (Å²) >= 11 is 0. The molecule has 0 aliphatic carbocycles. The van der Waals surface area contributed by atoms with E-state index in [9.17, 15) is 0 Å². The number of hydrogen-bond acceptors (Lipinski definition) is 2. The molecule has 0 amide bonds. The third-order valence-electron chi connectivity index (χ3n) is 3.70. The fourth-order valence-electron chi connectivity index (χ4n) is 2.40. The van der Waals surface area contributed by atoms with E-state index in [0.717, 1.165) is 5.57 Å². The topological polar surface area (TPSA) is 38.0 Å². The van der Waals surface area contributed by atoms with Crippen LogP contribution in [-0.2, 0) is 0 Å². The summed E-state index contributed by atoms with van der Waals surface area (Å²) in [5.74, 6) is 0. The number of hydrogen-bond donors (Lipinski definition) is 2. The molecule has 0 saturated carbocycles. The lowest BCUT2D eigenvalue weighted by molar-refractivity contribution is 0.522. The van der Waals surface area contributed by atoms with Crippen LogP contribution in [0.25, 0.3) is 0 Å². The third-order valence-corrected chi connectivity index (χ3v) is 3.70. The molecule has 1 rings (SSSR count). The number of unbranched alkanes of at least 4 members (excludes halogenated alkanes) is 1. The zero-order valence-electron chi connectivity index (χ0n) is 26.2. The number of nitrogens with one attached hydrogen (secondary N) is 1. The van der Waals surface area contributed by atoms with Gasteiger partial charge < -0.3 is 11.1 Å². The number of benzene rings is 1. The summed E-state index contributed by atoms with van der Waals surface area (Å²) in [6.45, 7) is 37.4. The van der Waals surface area contributed by atoms with Gasteiger partial charge in [0.25, 0.3) is 0 Å². The minimum Gasteiger partial charge on any atom is -0.333 e. The standard InChI is InChI=1S/C18H27N.C4H10.4C2H6.CH5N/c1-12(2)17(13(3)4)18(19-14(5)6)16-10-8-15(7)9-11-16;1-3-4-2;5*1-2/h8-11,14,18-19H,1H2,2-7H3;3-4H2,1-2H3;4*1-2H3;2H2,1H3. The van der Waals surface area contributed by atoms with Crippen LogP contribution in [0.4, 0.5) is 0 Å². The largest absolute Gasteiger partial charge is 0.333 e. The van der Waals surface area contributed by atoms with Crippen molar-refractivity contribution in [2.24, 2.45) is 5.73 Å². The van der Waals surface area contributed by atoms with Crippen LogP contribution in [0.3, 0.4) is 0 Å². The van der Waals surface area contributed by atoms with E-state index in [-0.39, 0.29) is 6.04 Å². The first-order valence-corrected chi connectivity index (χ1v) is 13.5. The van der Waals surface area contributed by atoms with Crippen molar-refractivity contribution in [2.75, 3.05) is 7.05 Å². The van der Waals surface area contributed by atoms with Crippen molar-refractivity contribution < 1.29 is 0 Å². The molecule has 0 saturated heterocycles. The van der Waals surface area contributed by atoms with Gasteiger partial charge in [0.05, 0.1) is 6.04 Å². The lowest BCUT2D eigenvalue weighted by Gasteiger charge is -2.26. The summed E-state index contributed by atoms with van der Waals surface area (Å²) in [5, 5.41) is 3.66. The molecular formula is C31H66N2. The third kappa shape index (κ3) is 28.6. The van der Waals surface area contributed by atoms with Gasteiger partial charge in [-0.2, -0.15) is 0 Å². The molecular weight excluding hydrogens is 400 g/mol. The van der Waals surface area contributed by atoms with Gasteiger partial charge in [-0.05, 0) is 59.7 Å². The Kier molecular flexibility index (Phi) is 51.9. The average Bonchev–Trinajstić information content (AvgIpc) is 2.85. The molecule has 0 aliphatic heterocycles. The Morgan fingerprint density at radius 2 is 1.12 bits per heavy atom. The fourth-order valence-corrected chi connectivity index (χ4v) is 2.40. The van der Waals surface area contributed by atoms with E-state index in [1.54, 1.807) is 0 Å². The van der Waals surface area contributed by atoms with Crippen molar-refractivity contribution in [3.05, 3.63) is 58.7 Å². The van der Waals surface area contributed by atoms with Gasteiger partial charge in [0.15, 0.2) is 0 Å². The van der Waals surface area contributed by atoms with E-state index in [0.29, 0.717) is 6.04 Å². The van der Waals surface area contributed by atoms with Crippen LogP contribution in [0.2, 0.25) is 0 Å². The molecule has 1 unspecified atom stereocenters. The predicted molar refractivity (Wildman–Crippen MR) is 161 cm³/mol. The molecule has 33 heavy (non-hydrogen) atoms. The molecule has 0 bridgehead atoms. The Labute approximate surface area is 212 Å². The second-order valence-corrected chi connectivity index (χ2v) is 6.86. The van der Waals surface area contributed by atoms with E-state index in [2.05, 4.69) is 97.3 Å². The van der Waals surface area contributed by atoms with Gasteiger partial charge in [0.1, 0.15) is 0 Å². The maximum absolute atomic E-state index is 4.50. The fraction of sp³-hybridized carbons (Fsp3) is 0.677. The summed E-state index contributed by atoms with van der Waals surface area (Å²) in [6.07, 6.45) is 2.64. The molecule has 3 N–H and O–H groups in total. The summed E-state index contributed by atoms with van der Waals surface area (Å²) < 4.78 is 0. The second-order valence-electron chi connectivity index (χ2n) is 6.86. The molecule has 1 aromatic carbocycles. The Morgan fingerprint density at radius 3 is 1.33 bits per heavy atom. The highest BCUT2D eigenvalue weighted by Crippen LogP contribution is 2.29. The van der Waals surface area contributed by atoms with Gasteiger partial charge in [-0.25, -0.2) is 0 Å². The Bertz CT molecular complexity index is 490. The van der Waals surface area contributed by atoms with E-state index < -0.39 is 0 Å². The van der Waals surface area contributed by atoms with Crippen molar-refractivity contribution >= 4 is 0 Å². The summed E-state index contributed by atoms with van der Waals surface area (Å²) in [7, 11) is 1.50. The predicted octanol–water partition coefficient (Wildman–Crippen LogP) is 10.4. The van der Waals surface area contributed by atoms with Gasteiger partial charge in [0, 0.05) is 6.04 Å². The van der Waals surface area contributed by atoms with Gasteiger partial charge in [-0.15, -0.1) is 0 Å². The average molecular weight is 467 g/mol. The van der Waals surface area contributed by atoms with E-state index >= 15 is 0 Å². The Hall–Kier alpha value is -1.38. The molecule has 0 spiro atoms. The maximum atomic E-state index is 4.50. The lowest BCUT2D eigenvalue weighted by atomic mass is 9.90. The number of nitrogens with two attached hydrogens (primary N) is 1. The number of allylic oxidation sites excluding steroid dienone is 1. The molecule has 0 heterocycles. The zero-order valence-corrected chi connectivity index (χ0v) is 26.2. The first kappa shape index (κ1) is 45.2. The summed E-state index contributed by atoms with van der Waals surface area (Å²) in [5.41, 5.74) is 10.9. The highest BCUT2D eigenvalue weighted by atomic mass is 14.9. The monoisotopic (exact) mass is 467 g/mol. The second kappa shape index (κ2) is 37.9. The van der Waals surface area contributed by atoms with E-state index in [4.69, 9.17) is 0 Å². The van der Waals surface area contributed by atoms with Crippen molar-refractivity contribution in [1.29, 1.82) is 0 Å². The SMILES string of the molecule is C=C(C)C(=C(C)C)C(NC(C)C)c1ccc(C)cc1.CC.CC.CC.CC.CCCC.CN. The molecule has 0 radical (unpaired) electrons. The smallest absolute Gasteiger partial charge is 0.0580 e. The van der Waals surface area contributed by atoms with Crippen LogP contribution in [0.5, 0.6) is 0 Å². The van der Waals surface area contributed by atoms with Crippen LogP contribution in [0, 0.1) is 6.92 Å². The van der Waals surface area contributed by atoms with E-state index in [1.807, 2.05) is 55.4 Å². The first-order valence-electron chi connectivity index (χ1n) is 13.5. The lowest BCUT2D eigenvalue weighted by Crippen LogP contribution is -2.30. The molecule has 1 aromatic rings. The van der Waals surface area contributed by atoms with Crippen molar-refractivity contribution in [3.8, 4) is 0 Å². The van der Waals surface area contributed by atoms with Crippen LogP contribution in [0.15, 0.2) is 47.6 Å². The normalized spacial score (nSPS) is 8.94. The number of rotatable bonds is 6. The molecule has 2 heteroatoms. The minimum atomic E-state index is 0.225. The minimum absolute atomic E-state index is 0.225. The van der Waals surface area contributed by atoms with Crippen molar-refractivity contribution in [3.63, 3.8) is 0 Å². The molecule has 0 aliphatic rings. The van der Waals surface area contributed by atoms with E-state index in [1.165, 1.54) is 42.2 Å². The summed E-state index contributed by atoms with van der Waals surface area (Å²) in [4.78, 5) is 0. The van der Waals surface area contributed by atoms with Crippen LogP contribution >= 0.6 is 0 Å². The molecule has 0 aromatic heterocycles. The van der Waals surface area contributed by atoms with Gasteiger partial charge in [-0.3, -0.25) is 0 Å². The molecule has 200 valence electrons. The van der Waals surface area contributed by atoms with Crippen molar-refractivity contribution in [1.82, 2.24) is 5.32 Å². The maximum Gasteiger partial charge on any atom is 0.0580 e. The Balaban J connectivity index is -0.000000109. The molecule has 0 fully saturated rings. The van der Waals surface area contributed by atoms with Crippen molar-refractivity contribution in [2.45, 2.75) is 136 Å². The zero-order chi connectivity index (χ0) is 28.0. The Morgan fingerprint density at radius 1 is 0.788 bits per heavy atom.